The Hall–Kier alpha value is -4.58. The lowest BCUT2D eigenvalue weighted by atomic mass is 9.78. The number of ether oxygens (including phenoxy) is 4. The van der Waals surface area contributed by atoms with Crippen LogP contribution in [0.5, 0.6) is 5.75 Å². The molecule has 0 bridgehead atoms. The lowest BCUT2D eigenvalue weighted by molar-refractivity contribution is -0.186. The number of carbonyl (C=O) groups excluding carboxylic acids is 3. The van der Waals surface area contributed by atoms with Crippen LogP contribution in [0.3, 0.4) is 0 Å². The zero-order valence-corrected chi connectivity index (χ0v) is 28.4. The number of nitrogens with zero attached hydrogens (tertiary/aromatic N) is 3. The van der Waals surface area contributed by atoms with Gasteiger partial charge in [-0.3, -0.25) is 19.2 Å². The smallest absolute Gasteiger partial charge is 0.324 e. The minimum atomic E-state index is -2.14. The monoisotopic (exact) mass is 661 g/mol. The maximum atomic E-state index is 14.1. The van der Waals surface area contributed by atoms with E-state index < -0.39 is 46.3 Å². The van der Waals surface area contributed by atoms with Crippen molar-refractivity contribution in [2.75, 3.05) is 19.8 Å². The predicted molar refractivity (Wildman–Crippen MR) is 177 cm³/mol. The Morgan fingerprint density at radius 1 is 0.917 bits per heavy atom. The Morgan fingerprint density at radius 2 is 1.58 bits per heavy atom. The van der Waals surface area contributed by atoms with E-state index in [0.29, 0.717) is 40.1 Å². The van der Waals surface area contributed by atoms with Crippen molar-refractivity contribution >= 4 is 39.6 Å². The minimum absolute atomic E-state index is 0.181. The fourth-order valence-corrected chi connectivity index (χ4v) is 5.55. The van der Waals surface area contributed by atoms with Crippen LogP contribution in [-0.2, 0) is 30.3 Å². The van der Waals surface area contributed by atoms with Gasteiger partial charge in [0.2, 0.25) is 0 Å². The van der Waals surface area contributed by atoms with Crippen molar-refractivity contribution in [1.29, 1.82) is 0 Å². The van der Waals surface area contributed by atoms with Gasteiger partial charge in [-0.15, -0.1) is 5.10 Å². The Kier molecular flexibility index (Phi) is 10.0. The zero-order chi connectivity index (χ0) is 34.7. The van der Waals surface area contributed by atoms with Crippen LogP contribution in [0.2, 0.25) is 0 Å². The van der Waals surface area contributed by atoms with Crippen LogP contribution in [0.25, 0.3) is 21.9 Å². The van der Waals surface area contributed by atoms with Crippen LogP contribution >= 0.6 is 0 Å². The number of benzene rings is 2. The molecule has 0 amide bonds. The molecule has 256 valence electrons. The molecule has 1 saturated heterocycles. The molecule has 4 aromatic rings. The quantitative estimate of drug-likeness (QED) is 0.111. The van der Waals surface area contributed by atoms with Gasteiger partial charge >= 0.3 is 11.9 Å². The van der Waals surface area contributed by atoms with E-state index in [1.165, 1.54) is 6.26 Å². The van der Waals surface area contributed by atoms with Gasteiger partial charge in [-0.1, -0.05) is 17.3 Å². The van der Waals surface area contributed by atoms with Gasteiger partial charge in [-0.25, -0.2) is 4.68 Å². The molecular formula is C36H43N3O9. The van der Waals surface area contributed by atoms with Crippen LogP contribution in [0.4, 0.5) is 0 Å². The number of hydrogen-bond acceptors (Lipinski definition) is 11. The van der Waals surface area contributed by atoms with Crippen molar-refractivity contribution in [2.24, 2.45) is 11.3 Å². The number of carbonyl (C=O) groups is 3. The van der Waals surface area contributed by atoms with Gasteiger partial charge in [-0.2, -0.15) is 0 Å². The van der Waals surface area contributed by atoms with Gasteiger partial charge in [0.1, 0.15) is 34.3 Å². The van der Waals surface area contributed by atoms with Crippen LogP contribution in [0, 0.1) is 11.3 Å². The molecule has 0 atom stereocenters. The van der Waals surface area contributed by atoms with Crippen molar-refractivity contribution in [1.82, 2.24) is 15.0 Å². The number of Topliss-reactive ketones (excluding diaryl/α,β-unsaturated/α-hetero) is 1. The highest BCUT2D eigenvalue weighted by Gasteiger charge is 2.52. The number of hydrogen-bond donors (Lipinski definition) is 0. The van der Waals surface area contributed by atoms with Gasteiger partial charge in [0, 0.05) is 37.6 Å². The Labute approximate surface area is 278 Å². The summed E-state index contributed by atoms with van der Waals surface area (Å²) in [4.78, 5) is 55.6. The van der Waals surface area contributed by atoms with Gasteiger partial charge in [-0.05, 0) is 91.0 Å². The molecule has 3 heterocycles. The molecule has 0 saturated carbocycles. The number of rotatable bonds is 11. The van der Waals surface area contributed by atoms with E-state index in [4.69, 9.17) is 23.4 Å². The Morgan fingerprint density at radius 3 is 2.25 bits per heavy atom. The summed E-state index contributed by atoms with van der Waals surface area (Å²) in [7, 11) is 0. The fraction of sp³-hybridized carbons (Fsp3) is 0.500. The summed E-state index contributed by atoms with van der Waals surface area (Å²) in [6.45, 7) is 11.7. The average Bonchev–Trinajstić information content (AvgIpc) is 3.45. The molecule has 12 nitrogen and oxygen atoms in total. The third kappa shape index (κ3) is 8.10. The predicted octanol–water partition coefficient (Wildman–Crippen LogP) is 5.68. The molecule has 0 aliphatic carbocycles. The highest BCUT2D eigenvalue weighted by molar-refractivity contribution is 6.12. The molecule has 0 unspecified atom stereocenters. The molecule has 1 aliphatic heterocycles. The highest BCUT2D eigenvalue weighted by Crippen LogP contribution is 2.37. The summed E-state index contributed by atoms with van der Waals surface area (Å²) in [5.74, 6) is -1.44. The van der Waals surface area contributed by atoms with E-state index >= 15 is 0 Å². The summed E-state index contributed by atoms with van der Waals surface area (Å²) in [5, 5.41) is 8.97. The summed E-state index contributed by atoms with van der Waals surface area (Å²) in [6.07, 6.45) is 2.24. The summed E-state index contributed by atoms with van der Waals surface area (Å²) in [5.41, 5.74) is -3.59. The van der Waals surface area contributed by atoms with Crippen molar-refractivity contribution in [3.8, 4) is 5.75 Å². The van der Waals surface area contributed by atoms with Crippen LogP contribution < -0.4 is 10.3 Å². The normalized spacial score (nSPS) is 14.6. The molecule has 0 radical (unpaired) electrons. The summed E-state index contributed by atoms with van der Waals surface area (Å²) in [6, 6.07) is 11.9. The average molecular weight is 662 g/mol. The van der Waals surface area contributed by atoms with Crippen molar-refractivity contribution < 1.29 is 37.7 Å². The second-order valence-electron chi connectivity index (χ2n) is 14.2. The number of aromatic nitrogens is 3. The first-order chi connectivity index (χ1) is 22.6. The second kappa shape index (κ2) is 13.9. The second-order valence-corrected chi connectivity index (χ2v) is 14.2. The molecule has 1 fully saturated rings. The first-order valence-electron chi connectivity index (χ1n) is 16.2. The summed E-state index contributed by atoms with van der Waals surface area (Å²) < 4.78 is 29.8. The lowest BCUT2D eigenvalue weighted by Gasteiger charge is -2.34. The molecule has 0 spiro atoms. The van der Waals surface area contributed by atoms with Gasteiger partial charge in [0.25, 0.3) is 5.56 Å². The van der Waals surface area contributed by atoms with Crippen LogP contribution in [-0.4, -0.2) is 63.7 Å². The first-order valence-corrected chi connectivity index (χ1v) is 16.2. The Balaban J connectivity index is 1.48. The largest absolute Gasteiger partial charge is 0.493 e. The zero-order valence-electron chi connectivity index (χ0n) is 28.4. The molecule has 5 rings (SSSR count). The van der Waals surface area contributed by atoms with E-state index in [2.05, 4.69) is 10.3 Å². The van der Waals surface area contributed by atoms with E-state index in [0.717, 1.165) is 30.7 Å². The van der Waals surface area contributed by atoms with Crippen LogP contribution in [0.1, 0.15) is 77.6 Å². The number of furan rings is 1. The van der Waals surface area contributed by atoms with Crippen molar-refractivity contribution in [2.45, 2.75) is 85.0 Å². The third-order valence-corrected chi connectivity index (χ3v) is 8.10. The maximum absolute atomic E-state index is 14.1. The molecule has 48 heavy (non-hydrogen) atoms. The van der Waals surface area contributed by atoms with E-state index in [-0.39, 0.29) is 18.5 Å². The number of fused-ring (bicyclic) bond motifs is 2. The molecule has 1 aliphatic rings. The van der Waals surface area contributed by atoms with Crippen LogP contribution in [0.15, 0.2) is 57.9 Å². The van der Waals surface area contributed by atoms with E-state index in [1.54, 1.807) is 84.0 Å². The topological polar surface area (TPSA) is 149 Å². The molecule has 0 N–H and O–H groups in total. The minimum Gasteiger partial charge on any atom is -0.493 e. The maximum Gasteiger partial charge on any atom is 0.324 e. The number of esters is 2. The van der Waals surface area contributed by atoms with E-state index in [9.17, 15) is 19.2 Å². The van der Waals surface area contributed by atoms with Gasteiger partial charge < -0.3 is 23.4 Å². The third-order valence-electron chi connectivity index (χ3n) is 8.10. The highest BCUT2D eigenvalue weighted by atomic mass is 16.6. The van der Waals surface area contributed by atoms with Gasteiger partial charge in [0.05, 0.1) is 17.6 Å². The van der Waals surface area contributed by atoms with Crippen molar-refractivity contribution in [3.63, 3.8) is 0 Å². The number of aryl methyl sites for hydroxylation is 1. The Bertz CT molecular complexity index is 1830. The molecule has 2 aromatic carbocycles. The fourth-order valence-electron chi connectivity index (χ4n) is 5.55. The number of ketones is 1. The lowest BCUT2D eigenvalue weighted by Crippen LogP contribution is -2.49. The molecular weight excluding hydrogens is 618 g/mol. The first kappa shape index (κ1) is 34.7. The SMILES string of the molecule is CC(C)(C)OC(=O)C(CCn1nnc2ccccc2c1=O)(CC(=O)c1coc2cc(OCC3CCOCC3)ccc12)C(=O)OC(C)(C)C. The van der Waals surface area contributed by atoms with E-state index in [1.807, 2.05) is 0 Å². The van der Waals surface area contributed by atoms with Gasteiger partial charge in [0.15, 0.2) is 11.2 Å². The molecule has 12 heteroatoms. The summed E-state index contributed by atoms with van der Waals surface area (Å²) >= 11 is 0. The molecule has 2 aromatic heterocycles. The van der Waals surface area contributed by atoms with Crippen molar-refractivity contribution in [3.05, 3.63) is 64.6 Å². The standard InChI is InChI=1S/C36H43N3O9/c1-34(2,3)47-32(42)36(33(43)48-35(4,5)6,15-16-39-31(41)26-9-7-8-10-28(26)37-38-39)20-29(40)27-22-46-30-19-24(11-12-25(27)30)45-21-23-13-17-44-18-14-23/h7-12,19,22-23H,13-18,20-21H2,1-6H3.